The number of hydrogen-bond donors (Lipinski definition) is 0. The molecule has 0 aliphatic carbocycles. The molecule has 0 N–H and O–H groups in total. The number of nitrogens with zero attached hydrogens (tertiary/aromatic N) is 2. The van der Waals surface area contributed by atoms with Gasteiger partial charge >= 0.3 is 5.97 Å². The van der Waals surface area contributed by atoms with Gasteiger partial charge in [0, 0.05) is 17.6 Å². The molecule has 3 aromatic rings. The van der Waals surface area contributed by atoms with Gasteiger partial charge < -0.3 is 9.30 Å². The summed E-state index contributed by atoms with van der Waals surface area (Å²) in [6.45, 7) is 4.05. The van der Waals surface area contributed by atoms with Crippen LogP contribution in [-0.4, -0.2) is 31.8 Å². The first-order chi connectivity index (χ1) is 14.7. The average Bonchev–Trinajstić information content (AvgIpc) is 3.15. The number of ether oxygens (including phenoxy) is 1. The number of esters is 1. The van der Waals surface area contributed by atoms with E-state index >= 15 is 0 Å². The van der Waals surface area contributed by atoms with Crippen LogP contribution < -0.4 is 0 Å². The summed E-state index contributed by atoms with van der Waals surface area (Å²) in [5, 5.41) is 9.20. The molecule has 160 valence electrons. The molecule has 6 nitrogen and oxygen atoms in total. The summed E-state index contributed by atoms with van der Waals surface area (Å²) in [5.41, 5.74) is 5.01. The Morgan fingerprint density at radius 2 is 1.81 bits per heavy atom. The largest absolute Gasteiger partial charge is 0.466 e. The maximum absolute atomic E-state index is 11.9. The minimum absolute atomic E-state index is 0.250. The van der Waals surface area contributed by atoms with Gasteiger partial charge in [0.15, 0.2) is 9.84 Å². The van der Waals surface area contributed by atoms with Crippen LogP contribution in [0.3, 0.4) is 0 Å². The quantitative estimate of drug-likeness (QED) is 0.517. The number of benzene rings is 2. The van der Waals surface area contributed by atoms with Crippen LogP contribution in [0.15, 0.2) is 59.5 Å². The maximum atomic E-state index is 11.9. The Balaban J connectivity index is 2.09. The van der Waals surface area contributed by atoms with Gasteiger partial charge in [0.05, 0.1) is 35.2 Å². The first kappa shape index (κ1) is 22.3. The van der Waals surface area contributed by atoms with Crippen molar-refractivity contribution >= 4 is 15.8 Å². The Labute approximate surface area is 182 Å². The predicted octanol–water partition coefficient (Wildman–Crippen LogP) is 4.22. The smallest absolute Gasteiger partial charge is 0.306 e. The van der Waals surface area contributed by atoms with Crippen molar-refractivity contribution in [1.82, 2.24) is 4.57 Å². The summed E-state index contributed by atoms with van der Waals surface area (Å²) in [6, 6.07) is 18.2. The lowest BCUT2D eigenvalue weighted by Gasteiger charge is -2.17. The predicted molar refractivity (Wildman–Crippen MR) is 119 cm³/mol. The standard InChI is InChI=1S/C24H24N2O4S/c1-4-30-24(27)14-9-20-8-13-23(19-6-10-21(11-7-19)31(3,28)29)26(20)22-12-5-18(16-25)15-17(22)2/h5-8,10-13,15H,4,9,14H2,1-3H3. The third-order valence-electron chi connectivity index (χ3n) is 5.00. The van der Waals surface area contributed by atoms with Crippen molar-refractivity contribution in [2.75, 3.05) is 12.9 Å². The van der Waals surface area contributed by atoms with Crippen molar-refractivity contribution in [2.24, 2.45) is 0 Å². The number of rotatable bonds is 7. The summed E-state index contributed by atoms with van der Waals surface area (Å²) in [5.74, 6) is -0.258. The van der Waals surface area contributed by atoms with Crippen LogP contribution in [0.1, 0.15) is 30.2 Å². The molecule has 0 atom stereocenters. The van der Waals surface area contributed by atoms with Gasteiger partial charge in [-0.2, -0.15) is 5.26 Å². The third-order valence-corrected chi connectivity index (χ3v) is 6.13. The first-order valence-corrected chi connectivity index (χ1v) is 11.8. The second-order valence-corrected chi connectivity index (χ2v) is 9.28. The number of nitriles is 1. The van der Waals surface area contributed by atoms with Crippen LogP contribution in [0, 0.1) is 18.3 Å². The van der Waals surface area contributed by atoms with Crippen LogP contribution in [0.4, 0.5) is 0 Å². The fraction of sp³-hybridized carbons (Fsp3) is 0.250. The number of carbonyl (C=O) groups excluding carboxylic acids is 1. The molecular weight excluding hydrogens is 412 g/mol. The second-order valence-electron chi connectivity index (χ2n) is 7.26. The molecule has 0 aliphatic heterocycles. The molecule has 1 heterocycles. The molecule has 31 heavy (non-hydrogen) atoms. The highest BCUT2D eigenvalue weighted by molar-refractivity contribution is 7.90. The molecule has 0 spiro atoms. The zero-order chi connectivity index (χ0) is 22.6. The normalized spacial score (nSPS) is 11.2. The molecule has 0 saturated heterocycles. The Hall–Kier alpha value is -3.37. The molecule has 0 aliphatic rings. The average molecular weight is 437 g/mol. The summed E-state index contributed by atoms with van der Waals surface area (Å²) in [7, 11) is -3.29. The van der Waals surface area contributed by atoms with Crippen LogP contribution >= 0.6 is 0 Å². The number of sulfone groups is 1. The van der Waals surface area contributed by atoms with E-state index in [0.29, 0.717) is 18.6 Å². The highest BCUT2D eigenvalue weighted by atomic mass is 32.2. The highest BCUT2D eigenvalue weighted by Gasteiger charge is 2.16. The summed E-state index contributed by atoms with van der Waals surface area (Å²) in [6.07, 6.45) is 1.91. The number of carbonyl (C=O) groups is 1. The maximum Gasteiger partial charge on any atom is 0.306 e. The fourth-order valence-corrected chi connectivity index (χ4v) is 4.13. The van der Waals surface area contributed by atoms with Gasteiger partial charge in [-0.05, 0) is 73.9 Å². The van der Waals surface area contributed by atoms with Gasteiger partial charge in [-0.1, -0.05) is 12.1 Å². The Kier molecular flexibility index (Phi) is 6.62. The zero-order valence-corrected chi connectivity index (χ0v) is 18.6. The molecule has 0 saturated carbocycles. The monoisotopic (exact) mass is 436 g/mol. The van der Waals surface area contributed by atoms with Gasteiger partial charge in [-0.15, -0.1) is 0 Å². The van der Waals surface area contributed by atoms with E-state index in [1.165, 1.54) is 6.26 Å². The van der Waals surface area contributed by atoms with E-state index in [4.69, 9.17) is 4.74 Å². The van der Waals surface area contributed by atoms with Gasteiger partial charge in [0.2, 0.25) is 0 Å². The third kappa shape index (κ3) is 5.04. The van der Waals surface area contributed by atoms with Crippen LogP contribution in [0.2, 0.25) is 0 Å². The molecule has 0 unspecified atom stereocenters. The number of aromatic nitrogens is 1. The van der Waals surface area contributed by atoms with E-state index in [1.807, 2.05) is 35.8 Å². The van der Waals surface area contributed by atoms with Gasteiger partial charge in [0.25, 0.3) is 0 Å². The van der Waals surface area contributed by atoms with Gasteiger partial charge in [-0.25, -0.2) is 8.42 Å². The van der Waals surface area contributed by atoms with Gasteiger partial charge in [-0.3, -0.25) is 4.79 Å². The fourth-order valence-electron chi connectivity index (χ4n) is 3.50. The lowest BCUT2D eigenvalue weighted by atomic mass is 10.1. The molecule has 1 aromatic heterocycles. The van der Waals surface area contributed by atoms with E-state index in [-0.39, 0.29) is 17.3 Å². The Bertz CT molecular complexity index is 1250. The Morgan fingerprint density at radius 1 is 1.10 bits per heavy atom. The van der Waals surface area contributed by atoms with Crippen molar-refractivity contribution in [2.45, 2.75) is 31.6 Å². The van der Waals surface area contributed by atoms with Crippen LogP contribution in [0.25, 0.3) is 16.9 Å². The molecule has 0 amide bonds. The molecule has 0 fully saturated rings. The van der Waals surface area contributed by atoms with Gasteiger partial charge in [0.1, 0.15) is 0 Å². The van der Waals surface area contributed by atoms with Crippen LogP contribution in [0.5, 0.6) is 0 Å². The minimum atomic E-state index is -3.29. The van der Waals surface area contributed by atoms with E-state index in [1.54, 1.807) is 37.3 Å². The zero-order valence-electron chi connectivity index (χ0n) is 17.8. The minimum Gasteiger partial charge on any atom is -0.466 e. The second kappa shape index (κ2) is 9.19. The Morgan fingerprint density at radius 3 is 2.39 bits per heavy atom. The summed E-state index contributed by atoms with van der Waals surface area (Å²) < 4.78 is 30.7. The SMILES string of the molecule is CCOC(=O)CCc1ccc(-c2ccc(S(C)(=O)=O)cc2)n1-c1ccc(C#N)cc1C. The topological polar surface area (TPSA) is 89.2 Å². The highest BCUT2D eigenvalue weighted by Crippen LogP contribution is 2.30. The van der Waals surface area contributed by atoms with Crippen molar-refractivity contribution in [3.63, 3.8) is 0 Å². The van der Waals surface area contributed by atoms with E-state index < -0.39 is 9.84 Å². The molecular formula is C24H24N2O4S. The summed E-state index contributed by atoms with van der Waals surface area (Å²) >= 11 is 0. The van der Waals surface area contributed by atoms with Crippen molar-refractivity contribution in [3.05, 3.63) is 71.4 Å². The van der Waals surface area contributed by atoms with E-state index in [0.717, 1.165) is 28.2 Å². The van der Waals surface area contributed by atoms with Crippen LogP contribution in [-0.2, 0) is 25.8 Å². The van der Waals surface area contributed by atoms with Crippen molar-refractivity contribution in [3.8, 4) is 23.0 Å². The molecule has 7 heteroatoms. The lowest BCUT2D eigenvalue weighted by molar-refractivity contribution is -0.143. The number of aryl methyl sites for hydroxylation is 2. The lowest BCUT2D eigenvalue weighted by Crippen LogP contribution is -2.09. The first-order valence-electron chi connectivity index (χ1n) is 9.92. The van der Waals surface area contributed by atoms with Crippen molar-refractivity contribution < 1.29 is 17.9 Å². The van der Waals surface area contributed by atoms with E-state index in [9.17, 15) is 18.5 Å². The number of hydrogen-bond acceptors (Lipinski definition) is 5. The molecule has 0 radical (unpaired) electrons. The molecule has 0 bridgehead atoms. The van der Waals surface area contributed by atoms with E-state index in [2.05, 4.69) is 6.07 Å². The van der Waals surface area contributed by atoms with Crippen molar-refractivity contribution in [1.29, 1.82) is 5.26 Å². The molecule has 2 aromatic carbocycles. The molecule has 3 rings (SSSR count). The summed E-state index contributed by atoms with van der Waals surface area (Å²) in [4.78, 5) is 12.2.